The molecule has 0 atom stereocenters. The SMILES string of the molecule is Cc1cccc(N2C(=O)/C(=C\c3ccc(C(=O)O)cc3)N=C2c2ccccc2Br)c1. The standard InChI is InChI=1S/C24H17BrN2O3/c1-15-5-4-6-18(13-15)27-22(19-7-2-3-8-20(19)25)26-21(23(27)28)14-16-9-11-17(12-10-16)24(29)30/h2-14H,1H3,(H,29,30)/b21-14+. The van der Waals surface area contributed by atoms with Crippen molar-refractivity contribution in [2.24, 2.45) is 4.99 Å². The van der Waals surface area contributed by atoms with Crippen molar-refractivity contribution in [1.82, 2.24) is 0 Å². The molecule has 0 aliphatic carbocycles. The molecule has 30 heavy (non-hydrogen) atoms. The molecule has 1 amide bonds. The predicted molar refractivity (Wildman–Crippen MR) is 121 cm³/mol. The molecule has 1 N–H and O–H groups in total. The molecule has 5 nitrogen and oxygen atoms in total. The second-order valence-corrected chi connectivity index (χ2v) is 7.71. The summed E-state index contributed by atoms with van der Waals surface area (Å²) in [5, 5.41) is 9.07. The van der Waals surface area contributed by atoms with Gasteiger partial charge in [0.1, 0.15) is 11.5 Å². The Morgan fingerprint density at radius 2 is 1.77 bits per heavy atom. The van der Waals surface area contributed by atoms with Crippen LogP contribution in [0.1, 0.15) is 27.0 Å². The summed E-state index contributed by atoms with van der Waals surface area (Å²) in [5.74, 6) is -0.703. The summed E-state index contributed by atoms with van der Waals surface area (Å²) in [5.41, 5.74) is 3.74. The fraction of sp³-hybridized carbons (Fsp3) is 0.0417. The van der Waals surface area contributed by atoms with E-state index < -0.39 is 5.97 Å². The number of hydrogen-bond donors (Lipinski definition) is 1. The van der Waals surface area contributed by atoms with E-state index in [0.29, 0.717) is 11.4 Å². The number of aliphatic imine (C=N–C) groups is 1. The Labute approximate surface area is 182 Å². The highest BCUT2D eigenvalue weighted by atomic mass is 79.9. The number of carbonyl (C=O) groups is 2. The highest BCUT2D eigenvalue weighted by Gasteiger charge is 2.33. The summed E-state index contributed by atoms with van der Waals surface area (Å²) in [6, 6.07) is 21.6. The van der Waals surface area contributed by atoms with Crippen LogP contribution in [0.4, 0.5) is 5.69 Å². The van der Waals surface area contributed by atoms with Crippen molar-refractivity contribution in [3.8, 4) is 0 Å². The summed E-state index contributed by atoms with van der Waals surface area (Å²) in [6.45, 7) is 1.97. The summed E-state index contributed by atoms with van der Waals surface area (Å²) in [7, 11) is 0. The second kappa shape index (κ2) is 8.08. The first-order valence-corrected chi connectivity index (χ1v) is 10.0. The lowest BCUT2D eigenvalue weighted by Crippen LogP contribution is -2.32. The van der Waals surface area contributed by atoms with Gasteiger partial charge < -0.3 is 5.11 Å². The fourth-order valence-electron chi connectivity index (χ4n) is 3.23. The van der Waals surface area contributed by atoms with Crippen LogP contribution in [0.5, 0.6) is 0 Å². The molecule has 0 unspecified atom stereocenters. The van der Waals surface area contributed by atoms with Crippen LogP contribution in [0.15, 0.2) is 88.0 Å². The van der Waals surface area contributed by atoms with E-state index in [4.69, 9.17) is 5.11 Å². The number of amides is 1. The molecule has 3 aromatic carbocycles. The van der Waals surface area contributed by atoms with Crippen LogP contribution in [-0.2, 0) is 4.79 Å². The van der Waals surface area contributed by atoms with Gasteiger partial charge in [0, 0.05) is 10.0 Å². The fourth-order valence-corrected chi connectivity index (χ4v) is 3.69. The Kier molecular flexibility index (Phi) is 5.33. The average molecular weight is 461 g/mol. The van der Waals surface area contributed by atoms with Gasteiger partial charge in [0.05, 0.1) is 11.3 Å². The molecule has 0 bridgehead atoms. The zero-order valence-corrected chi connectivity index (χ0v) is 17.6. The largest absolute Gasteiger partial charge is 0.478 e. The topological polar surface area (TPSA) is 70.0 Å². The molecule has 4 rings (SSSR count). The molecule has 6 heteroatoms. The zero-order chi connectivity index (χ0) is 21.3. The van der Waals surface area contributed by atoms with Crippen molar-refractivity contribution in [3.63, 3.8) is 0 Å². The Morgan fingerprint density at radius 3 is 2.43 bits per heavy atom. The smallest absolute Gasteiger partial charge is 0.335 e. The van der Waals surface area contributed by atoms with Crippen LogP contribution in [0, 0.1) is 6.92 Å². The maximum absolute atomic E-state index is 13.3. The van der Waals surface area contributed by atoms with Crippen LogP contribution in [-0.4, -0.2) is 22.8 Å². The minimum absolute atomic E-state index is 0.189. The number of nitrogens with zero attached hydrogens (tertiary/aromatic N) is 2. The Balaban J connectivity index is 1.82. The van der Waals surface area contributed by atoms with Gasteiger partial charge in [-0.3, -0.25) is 9.69 Å². The maximum Gasteiger partial charge on any atom is 0.335 e. The van der Waals surface area contributed by atoms with Crippen molar-refractivity contribution >= 4 is 45.4 Å². The molecular formula is C24H17BrN2O3. The molecule has 1 aliphatic heterocycles. The van der Waals surface area contributed by atoms with Gasteiger partial charge in [-0.1, -0.05) is 58.4 Å². The molecule has 0 saturated heterocycles. The van der Waals surface area contributed by atoms with Gasteiger partial charge in [-0.25, -0.2) is 9.79 Å². The van der Waals surface area contributed by atoms with Gasteiger partial charge in [-0.2, -0.15) is 0 Å². The van der Waals surface area contributed by atoms with Crippen molar-refractivity contribution in [1.29, 1.82) is 0 Å². The minimum Gasteiger partial charge on any atom is -0.478 e. The summed E-state index contributed by atoms with van der Waals surface area (Å²) in [4.78, 5) is 30.6. The normalized spacial score (nSPS) is 14.9. The predicted octanol–water partition coefficient (Wildman–Crippen LogP) is 5.29. The summed E-state index contributed by atoms with van der Waals surface area (Å²) >= 11 is 3.56. The van der Waals surface area contributed by atoms with E-state index in [-0.39, 0.29) is 17.2 Å². The number of halogens is 1. The number of amidine groups is 1. The molecule has 0 saturated carbocycles. The number of carbonyl (C=O) groups excluding carboxylic acids is 1. The molecular weight excluding hydrogens is 444 g/mol. The van der Waals surface area contributed by atoms with Gasteiger partial charge in [0.2, 0.25) is 0 Å². The van der Waals surface area contributed by atoms with Gasteiger partial charge in [0.15, 0.2) is 0 Å². The number of hydrogen-bond acceptors (Lipinski definition) is 3. The number of anilines is 1. The third-order valence-corrected chi connectivity index (χ3v) is 5.39. The van der Waals surface area contributed by atoms with E-state index in [0.717, 1.165) is 21.3 Å². The van der Waals surface area contributed by atoms with Gasteiger partial charge >= 0.3 is 5.97 Å². The highest BCUT2D eigenvalue weighted by Crippen LogP contribution is 2.30. The lowest BCUT2D eigenvalue weighted by molar-refractivity contribution is -0.113. The van der Waals surface area contributed by atoms with Crippen molar-refractivity contribution in [3.05, 3.63) is 105 Å². The molecule has 0 fully saturated rings. The summed E-state index contributed by atoms with van der Waals surface area (Å²) < 4.78 is 0.835. The Bertz CT molecular complexity index is 1210. The summed E-state index contributed by atoms with van der Waals surface area (Å²) in [6.07, 6.45) is 1.67. The molecule has 0 aromatic heterocycles. The van der Waals surface area contributed by atoms with E-state index in [9.17, 15) is 9.59 Å². The van der Waals surface area contributed by atoms with Crippen molar-refractivity contribution < 1.29 is 14.7 Å². The Morgan fingerprint density at radius 1 is 1.03 bits per heavy atom. The van der Waals surface area contributed by atoms with Gasteiger partial charge in [0.25, 0.3) is 5.91 Å². The number of rotatable bonds is 4. The number of carboxylic acids is 1. The van der Waals surface area contributed by atoms with E-state index >= 15 is 0 Å². The lowest BCUT2D eigenvalue weighted by atomic mass is 10.1. The third kappa shape index (κ3) is 3.82. The van der Waals surface area contributed by atoms with Crippen LogP contribution < -0.4 is 4.90 Å². The van der Waals surface area contributed by atoms with Crippen molar-refractivity contribution in [2.75, 3.05) is 4.90 Å². The number of carboxylic acid groups (broad SMARTS) is 1. The van der Waals surface area contributed by atoms with Crippen LogP contribution in [0.25, 0.3) is 6.08 Å². The molecule has 3 aromatic rings. The van der Waals surface area contributed by atoms with Gasteiger partial charge in [-0.05, 0) is 54.5 Å². The maximum atomic E-state index is 13.3. The Hall–Kier alpha value is -3.51. The van der Waals surface area contributed by atoms with Crippen LogP contribution >= 0.6 is 15.9 Å². The van der Waals surface area contributed by atoms with Crippen molar-refractivity contribution in [2.45, 2.75) is 6.92 Å². The number of aryl methyl sites for hydroxylation is 1. The lowest BCUT2D eigenvalue weighted by Gasteiger charge is -2.19. The minimum atomic E-state index is -0.994. The monoisotopic (exact) mass is 460 g/mol. The molecule has 0 radical (unpaired) electrons. The van der Waals surface area contributed by atoms with E-state index in [2.05, 4.69) is 20.9 Å². The number of benzene rings is 3. The van der Waals surface area contributed by atoms with E-state index in [1.165, 1.54) is 12.1 Å². The molecule has 1 heterocycles. The second-order valence-electron chi connectivity index (χ2n) is 6.85. The highest BCUT2D eigenvalue weighted by molar-refractivity contribution is 9.10. The molecule has 0 spiro atoms. The quantitative estimate of drug-likeness (QED) is 0.537. The van der Waals surface area contributed by atoms with E-state index in [1.807, 2.05) is 55.5 Å². The molecule has 148 valence electrons. The first-order valence-electron chi connectivity index (χ1n) is 9.24. The third-order valence-electron chi connectivity index (χ3n) is 4.70. The first kappa shape index (κ1) is 19.8. The molecule has 1 aliphatic rings. The number of aromatic carboxylic acids is 1. The van der Waals surface area contributed by atoms with Gasteiger partial charge in [-0.15, -0.1) is 0 Å². The first-order chi connectivity index (χ1) is 14.4. The van der Waals surface area contributed by atoms with E-state index in [1.54, 1.807) is 23.1 Å². The van der Waals surface area contributed by atoms with Crippen LogP contribution in [0.3, 0.4) is 0 Å². The van der Waals surface area contributed by atoms with Crippen LogP contribution in [0.2, 0.25) is 0 Å². The zero-order valence-electron chi connectivity index (χ0n) is 16.0. The average Bonchev–Trinajstić information content (AvgIpc) is 3.04.